The normalized spacial score (nSPS) is 36.4. The lowest BCUT2D eigenvalue weighted by Crippen LogP contribution is -2.45. The minimum Gasteiger partial charge on any atom is -0.390 e. The Morgan fingerprint density at radius 1 is 1.15 bits per heavy atom. The maximum Gasteiger partial charge on any atom is 0.144 e. The molecule has 34 heavy (non-hydrogen) atoms. The largest absolute Gasteiger partial charge is 0.390 e. The monoisotopic (exact) mass is 478 g/mol. The molecule has 3 aliphatic rings. The van der Waals surface area contributed by atoms with Crippen LogP contribution >= 0.6 is 0 Å². The van der Waals surface area contributed by atoms with Crippen molar-refractivity contribution in [2.75, 3.05) is 6.79 Å². The van der Waals surface area contributed by atoms with E-state index in [1.54, 1.807) is 0 Å². The average Bonchev–Trinajstić information content (AvgIpc) is 3.13. The Kier molecular flexibility index (Phi) is 11.0. The third-order valence-corrected chi connectivity index (χ3v) is 8.41. The van der Waals surface area contributed by atoms with Crippen molar-refractivity contribution in [1.82, 2.24) is 0 Å². The molecule has 0 aliphatic heterocycles. The molecule has 3 rings (SSSR count). The number of aliphatic hydroxyl groups excluding tert-OH is 3. The molecule has 0 heterocycles. The van der Waals surface area contributed by atoms with Crippen LogP contribution in [0.2, 0.25) is 0 Å². The second-order valence-electron chi connectivity index (χ2n) is 11.2. The molecule has 0 saturated heterocycles. The lowest BCUT2D eigenvalue weighted by Gasteiger charge is -2.42. The molecule has 0 bridgehead atoms. The Hall–Kier alpha value is -0.980. The Bertz CT molecular complexity index is 719. The molecule has 3 saturated carbocycles. The summed E-state index contributed by atoms with van der Waals surface area (Å²) >= 11 is 0. The van der Waals surface area contributed by atoms with Crippen LogP contribution in [0.1, 0.15) is 98.8 Å². The van der Waals surface area contributed by atoms with Crippen molar-refractivity contribution in [1.29, 1.82) is 0 Å². The molecule has 196 valence electrons. The second-order valence-corrected chi connectivity index (χ2v) is 11.2. The van der Waals surface area contributed by atoms with Crippen molar-refractivity contribution < 1.29 is 25.2 Å². The minimum atomic E-state index is -1.01. The number of aliphatic hydroxyl groups is 4. The van der Waals surface area contributed by atoms with Gasteiger partial charge in [0.2, 0.25) is 0 Å². The Morgan fingerprint density at radius 2 is 1.85 bits per heavy atom. The van der Waals surface area contributed by atoms with Crippen molar-refractivity contribution >= 4 is 0 Å². The Balaban J connectivity index is 0.00000199. The first-order chi connectivity index (χ1) is 16.1. The van der Waals surface area contributed by atoms with Gasteiger partial charge in [0.25, 0.3) is 0 Å². The van der Waals surface area contributed by atoms with Crippen molar-refractivity contribution in [2.45, 2.75) is 123 Å². The zero-order chi connectivity index (χ0) is 25.5. The summed E-state index contributed by atoms with van der Waals surface area (Å²) < 4.78 is 5.10. The van der Waals surface area contributed by atoms with Crippen LogP contribution in [-0.2, 0) is 4.74 Å². The van der Waals surface area contributed by atoms with Gasteiger partial charge in [-0.3, -0.25) is 0 Å². The Morgan fingerprint density at radius 3 is 2.50 bits per heavy atom. The van der Waals surface area contributed by atoms with Crippen LogP contribution in [0.5, 0.6) is 0 Å². The van der Waals surface area contributed by atoms with Gasteiger partial charge in [-0.1, -0.05) is 57.9 Å². The molecule has 2 unspecified atom stereocenters. The fraction of sp³-hybridized carbons (Fsp3) is 0.793. The minimum absolute atomic E-state index is 0.347. The molecule has 5 nitrogen and oxygen atoms in total. The van der Waals surface area contributed by atoms with Gasteiger partial charge in [0.1, 0.15) is 19.0 Å². The van der Waals surface area contributed by atoms with Crippen LogP contribution in [-0.4, -0.2) is 51.1 Å². The SMILES string of the molecule is C=C1/C(=C\C=C2/CCCC3(C)C2CC[C@@H]3CCCCC(C)(C)O)C[C@@H](O)[C@@H](OCO)[C@@H]1O.CC. The third kappa shape index (κ3) is 7.04. The van der Waals surface area contributed by atoms with Gasteiger partial charge in [0.15, 0.2) is 0 Å². The summed E-state index contributed by atoms with van der Waals surface area (Å²) in [6.07, 6.45) is 12.5. The van der Waals surface area contributed by atoms with Crippen molar-refractivity contribution in [2.24, 2.45) is 17.3 Å². The van der Waals surface area contributed by atoms with E-state index in [4.69, 9.17) is 9.84 Å². The Labute approximate surface area is 207 Å². The number of ether oxygens (including phenoxy) is 1. The summed E-state index contributed by atoms with van der Waals surface area (Å²) in [6.45, 7) is 13.8. The zero-order valence-corrected chi connectivity index (χ0v) is 22.2. The van der Waals surface area contributed by atoms with E-state index in [9.17, 15) is 15.3 Å². The predicted octanol–water partition coefficient (Wildman–Crippen LogP) is 5.43. The number of unbranched alkanes of at least 4 members (excludes halogenated alkanes) is 1. The van der Waals surface area contributed by atoms with E-state index >= 15 is 0 Å². The molecule has 0 aromatic heterocycles. The van der Waals surface area contributed by atoms with E-state index in [0.717, 1.165) is 30.8 Å². The van der Waals surface area contributed by atoms with E-state index in [0.29, 0.717) is 23.3 Å². The van der Waals surface area contributed by atoms with Gasteiger partial charge < -0.3 is 25.2 Å². The second kappa shape index (κ2) is 12.8. The van der Waals surface area contributed by atoms with Crippen LogP contribution in [0.4, 0.5) is 0 Å². The van der Waals surface area contributed by atoms with Gasteiger partial charge in [-0.15, -0.1) is 0 Å². The number of hydrogen-bond donors (Lipinski definition) is 4. The van der Waals surface area contributed by atoms with Gasteiger partial charge >= 0.3 is 0 Å². The van der Waals surface area contributed by atoms with Crippen LogP contribution in [0.15, 0.2) is 35.5 Å². The molecule has 0 radical (unpaired) electrons. The molecule has 0 aromatic carbocycles. The molecule has 0 spiro atoms. The topological polar surface area (TPSA) is 90.2 Å². The quantitative estimate of drug-likeness (QED) is 0.276. The third-order valence-electron chi connectivity index (χ3n) is 8.41. The molecule has 4 N–H and O–H groups in total. The number of rotatable bonds is 8. The van der Waals surface area contributed by atoms with Gasteiger partial charge in [-0.25, -0.2) is 0 Å². The first-order valence-electron chi connectivity index (χ1n) is 13.5. The van der Waals surface area contributed by atoms with Crippen LogP contribution in [0.3, 0.4) is 0 Å². The highest BCUT2D eigenvalue weighted by Gasteiger charge is 2.48. The standard InChI is InChI=1S/C27H44O5.C2H6/c1-18-20(16-23(29)25(24(18)30)32-17-28)11-10-19-8-7-15-27(4)21(12-13-22(19)27)9-5-6-14-26(2,3)31;1-2/h10-11,21-25,28-31H,1,5-9,12-17H2,2-4H3;1-2H3/b19-10+,20-11-;/t21-,22?,23+,24+,25+,27?;/m0./s1. The molecule has 3 aliphatic carbocycles. The van der Waals surface area contributed by atoms with E-state index in [2.05, 4.69) is 19.6 Å². The highest BCUT2D eigenvalue weighted by molar-refractivity contribution is 5.40. The molecular formula is C29H50O5. The molecule has 0 amide bonds. The van der Waals surface area contributed by atoms with E-state index in [-0.39, 0.29) is 0 Å². The first kappa shape index (κ1) is 29.3. The maximum absolute atomic E-state index is 10.5. The number of fused-ring (bicyclic) bond motifs is 1. The molecular weight excluding hydrogens is 428 g/mol. The summed E-state index contributed by atoms with van der Waals surface area (Å²) in [4.78, 5) is 0. The molecule has 3 fully saturated rings. The lowest BCUT2D eigenvalue weighted by molar-refractivity contribution is -0.138. The zero-order valence-electron chi connectivity index (χ0n) is 22.2. The summed E-state index contributed by atoms with van der Waals surface area (Å²) in [5, 5.41) is 39.8. The van der Waals surface area contributed by atoms with Crippen LogP contribution in [0.25, 0.3) is 0 Å². The van der Waals surface area contributed by atoms with E-state index < -0.39 is 30.7 Å². The summed E-state index contributed by atoms with van der Waals surface area (Å²) in [7, 11) is 0. The molecule has 6 atom stereocenters. The predicted molar refractivity (Wildman–Crippen MR) is 138 cm³/mol. The van der Waals surface area contributed by atoms with Gasteiger partial charge in [0.05, 0.1) is 11.7 Å². The molecule has 0 aromatic rings. The van der Waals surface area contributed by atoms with E-state index in [1.165, 1.54) is 44.1 Å². The summed E-state index contributed by atoms with van der Waals surface area (Å²) in [5.74, 6) is 1.35. The lowest BCUT2D eigenvalue weighted by atomic mass is 9.62. The number of allylic oxidation sites excluding steroid dienone is 3. The highest BCUT2D eigenvalue weighted by Crippen LogP contribution is 2.58. The molecule has 5 heteroatoms. The number of hydrogen-bond acceptors (Lipinski definition) is 5. The first-order valence-corrected chi connectivity index (χ1v) is 13.5. The fourth-order valence-electron chi connectivity index (χ4n) is 6.51. The van der Waals surface area contributed by atoms with Crippen molar-refractivity contribution in [3.05, 3.63) is 35.5 Å². The summed E-state index contributed by atoms with van der Waals surface area (Å²) in [6, 6.07) is 0. The average molecular weight is 479 g/mol. The smallest absolute Gasteiger partial charge is 0.144 e. The van der Waals surface area contributed by atoms with Gasteiger partial charge in [0, 0.05) is 6.42 Å². The fourth-order valence-corrected chi connectivity index (χ4v) is 6.51. The highest BCUT2D eigenvalue weighted by atomic mass is 16.6. The maximum atomic E-state index is 10.5. The van der Waals surface area contributed by atoms with Crippen LogP contribution < -0.4 is 0 Å². The van der Waals surface area contributed by atoms with E-state index in [1.807, 2.05) is 33.8 Å². The van der Waals surface area contributed by atoms with Crippen molar-refractivity contribution in [3.63, 3.8) is 0 Å². The van der Waals surface area contributed by atoms with Gasteiger partial charge in [-0.05, 0) is 87.2 Å². The van der Waals surface area contributed by atoms with Crippen molar-refractivity contribution in [3.8, 4) is 0 Å². The van der Waals surface area contributed by atoms with Crippen LogP contribution in [0, 0.1) is 17.3 Å². The van der Waals surface area contributed by atoms with Gasteiger partial charge in [-0.2, -0.15) is 0 Å². The summed E-state index contributed by atoms with van der Waals surface area (Å²) in [5.41, 5.74) is 2.71.